The maximum atomic E-state index is 13.2. The van der Waals surface area contributed by atoms with Gasteiger partial charge in [-0.25, -0.2) is 22.0 Å². The molecule has 36 heavy (non-hydrogen) atoms. The number of rotatable bonds is 11. The van der Waals surface area contributed by atoms with E-state index < -0.39 is 32.0 Å². The number of benzene rings is 3. The third-order valence-electron chi connectivity index (χ3n) is 5.28. The molecule has 0 spiro atoms. The van der Waals surface area contributed by atoms with Crippen molar-refractivity contribution in [2.45, 2.75) is 28.8 Å². The van der Waals surface area contributed by atoms with E-state index >= 15 is 0 Å². The van der Waals surface area contributed by atoms with Gasteiger partial charge in [0.15, 0.2) is 11.5 Å². The van der Waals surface area contributed by atoms with Crippen LogP contribution in [0.1, 0.15) is 11.1 Å². The van der Waals surface area contributed by atoms with Gasteiger partial charge in [0.05, 0.1) is 24.0 Å². The Morgan fingerprint density at radius 3 is 2.03 bits per heavy atom. The summed E-state index contributed by atoms with van der Waals surface area (Å²) in [7, 11) is -5.12. The van der Waals surface area contributed by atoms with Crippen LogP contribution in [0.5, 0.6) is 11.5 Å². The zero-order valence-corrected chi connectivity index (χ0v) is 21.3. The van der Waals surface area contributed by atoms with Crippen molar-refractivity contribution >= 4 is 26.0 Å². The average molecular weight is 534 g/mol. The summed E-state index contributed by atoms with van der Waals surface area (Å²) >= 11 is 0. The van der Waals surface area contributed by atoms with Crippen molar-refractivity contribution in [3.63, 3.8) is 0 Å². The molecule has 0 saturated carbocycles. The third kappa shape index (κ3) is 7.04. The first-order chi connectivity index (χ1) is 17.0. The van der Waals surface area contributed by atoms with Crippen LogP contribution in [0.4, 0.5) is 0 Å². The first-order valence-corrected chi connectivity index (χ1v) is 13.7. The highest BCUT2D eigenvalue weighted by Gasteiger charge is 2.27. The largest absolute Gasteiger partial charge is 0.493 e. The fourth-order valence-electron chi connectivity index (χ4n) is 3.39. The van der Waals surface area contributed by atoms with Crippen LogP contribution in [0.25, 0.3) is 0 Å². The zero-order chi connectivity index (χ0) is 26.3. The van der Waals surface area contributed by atoms with Crippen molar-refractivity contribution in [3.05, 3.63) is 83.9 Å². The Labute approximate surface area is 210 Å². The molecular weight excluding hydrogens is 506 g/mol. The molecule has 0 aliphatic heterocycles. The quantitative estimate of drug-likeness (QED) is 0.338. The van der Waals surface area contributed by atoms with Crippen molar-refractivity contribution in [1.82, 2.24) is 10.0 Å². The summed E-state index contributed by atoms with van der Waals surface area (Å²) in [4.78, 5) is 12.9. The summed E-state index contributed by atoms with van der Waals surface area (Å²) in [5, 5.41) is 7.81. The number of nitrogens with two attached hydrogens (primary N) is 1. The Bertz CT molecular complexity index is 1410. The Morgan fingerprint density at radius 2 is 1.44 bits per heavy atom. The lowest BCUT2D eigenvalue weighted by Crippen LogP contribution is -2.47. The molecule has 0 bridgehead atoms. The van der Waals surface area contributed by atoms with Gasteiger partial charge in [0.1, 0.15) is 6.04 Å². The molecule has 3 aromatic carbocycles. The molecule has 1 atom stereocenters. The molecule has 0 aliphatic rings. The molecule has 0 heterocycles. The average Bonchev–Trinajstić information content (AvgIpc) is 2.86. The Morgan fingerprint density at radius 1 is 0.833 bits per heavy atom. The topological polar surface area (TPSA) is 154 Å². The number of hydrogen-bond donors (Lipinski definition) is 3. The Kier molecular flexibility index (Phi) is 8.69. The van der Waals surface area contributed by atoms with Crippen LogP contribution < -0.4 is 24.7 Å². The van der Waals surface area contributed by atoms with E-state index in [2.05, 4.69) is 10.0 Å². The molecule has 192 valence electrons. The number of sulfonamides is 2. The van der Waals surface area contributed by atoms with E-state index in [1.54, 1.807) is 24.3 Å². The second-order valence-corrected chi connectivity index (χ2v) is 11.1. The molecule has 0 fully saturated rings. The lowest BCUT2D eigenvalue weighted by atomic mass is 10.1. The van der Waals surface area contributed by atoms with E-state index in [1.807, 2.05) is 6.07 Å². The molecule has 0 aliphatic carbocycles. The van der Waals surface area contributed by atoms with Gasteiger partial charge in [0.25, 0.3) is 0 Å². The molecule has 1 unspecified atom stereocenters. The fraction of sp³-hybridized carbons (Fsp3) is 0.208. The van der Waals surface area contributed by atoms with E-state index in [0.717, 1.165) is 5.56 Å². The molecule has 0 aromatic heterocycles. The maximum absolute atomic E-state index is 13.2. The van der Waals surface area contributed by atoms with Gasteiger partial charge < -0.3 is 14.8 Å². The van der Waals surface area contributed by atoms with Gasteiger partial charge in [-0.05, 0) is 41.8 Å². The number of primary sulfonamides is 1. The van der Waals surface area contributed by atoms with Crippen LogP contribution in [-0.4, -0.2) is 43.0 Å². The van der Waals surface area contributed by atoms with Gasteiger partial charge in [-0.1, -0.05) is 42.5 Å². The first-order valence-electron chi connectivity index (χ1n) is 10.7. The predicted octanol–water partition coefficient (Wildman–Crippen LogP) is 1.56. The van der Waals surface area contributed by atoms with Crippen LogP contribution in [0.2, 0.25) is 0 Å². The first kappa shape index (κ1) is 27.1. The van der Waals surface area contributed by atoms with Crippen LogP contribution in [0.3, 0.4) is 0 Å². The lowest BCUT2D eigenvalue weighted by Gasteiger charge is -2.19. The summed E-state index contributed by atoms with van der Waals surface area (Å²) in [5.74, 6) is 0.0364. The fourth-order valence-corrected chi connectivity index (χ4v) is 5.11. The van der Waals surface area contributed by atoms with Gasteiger partial charge in [0, 0.05) is 12.6 Å². The van der Waals surface area contributed by atoms with Crippen molar-refractivity contribution in [2.24, 2.45) is 5.14 Å². The molecule has 0 saturated heterocycles. The molecule has 3 aromatic rings. The highest BCUT2D eigenvalue weighted by atomic mass is 32.2. The van der Waals surface area contributed by atoms with E-state index in [1.165, 1.54) is 56.7 Å². The van der Waals surface area contributed by atoms with Crippen LogP contribution in [0, 0.1) is 0 Å². The normalized spacial score (nSPS) is 12.5. The highest BCUT2D eigenvalue weighted by Crippen LogP contribution is 2.29. The van der Waals surface area contributed by atoms with E-state index in [-0.39, 0.29) is 28.5 Å². The molecule has 3 rings (SSSR count). The number of carbonyl (C=O) groups excluding carboxylic acids is 1. The van der Waals surface area contributed by atoms with Gasteiger partial charge in [0.2, 0.25) is 26.0 Å². The van der Waals surface area contributed by atoms with E-state index in [9.17, 15) is 21.6 Å². The minimum Gasteiger partial charge on any atom is -0.493 e. The van der Waals surface area contributed by atoms with Crippen molar-refractivity contribution in [3.8, 4) is 11.5 Å². The number of ether oxygens (including phenoxy) is 2. The van der Waals surface area contributed by atoms with Crippen LogP contribution in [-0.2, 0) is 37.8 Å². The predicted molar refractivity (Wildman–Crippen MR) is 133 cm³/mol. The lowest BCUT2D eigenvalue weighted by molar-refractivity contribution is -0.122. The molecular formula is C24H27N3O7S2. The Hall–Kier alpha value is -3.45. The summed E-state index contributed by atoms with van der Waals surface area (Å²) in [5.41, 5.74) is 1.36. The van der Waals surface area contributed by atoms with Gasteiger partial charge in [-0.2, -0.15) is 4.72 Å². The molecule has 1 amide bonds. The summed E-state index contributed by atoms with van der Waals surface area (Å²) < 4.78 is 62.0. The maximum Gasteiger partial charge on any atom is 0.241 e. The van der Waals surface area contributed by atoms with Gasteiger partial charge >= 0.3 is 0 Å². The van der Waals surface area contributed by atoms with E-state index in [0.29, 0.717) is 11.3 Å². The van der Waals surface area contributed by atoms with Crippen molar-refractivity contribution in [2.75, 3.05) is 14.2 Å². The number of hydrogen-bond acceptors (Lipinski definition) is 7. The molecule has 10 nitrogen and oxygen atoms in total. The van der Waals surface area contributed by atoms with Crippen molar-refractivity contribution < 1.29 is 31.1 Å². The SMILES string of the molecule is COc1ccc(S(=O)(=O)NC(Cc2ccccc2)C(=O)NCc2ccc(S(N)(=O)=O)cc2)cc1OC. The molecule has 12 heteroatoms. The van der Waals surface area contributed by atoms with Crippen molar-refractivity contribution in [1.29, 1.82) is 0 Å². The summed E-state index contributed by atoms with van der Waals surface area (Å²) in [6.45, 7) is 0.0487. The number of amides is 1. The van der Waals surface area contributed by atoms with Gasteiger partial charge in [-0.3, -0.25) is 4.79 Å². The highest BCUT2D eigenvalue weighted by molar-refractivity contribution is 7.89. The van der Waals surface area contributed by atoms with Gasteiger partial charge in [-0.15, -0.1) is 0 Å². The minimum absolute atomic E-state index is 0.0487. The third-order valence-corrected chi connectivity index (χ3v) is 7.68. The van der Waals surface area contributed by atoms with Crippen LogP contribution >= 0.6 is 0 Å². The molecule has 0 radical (unpaired) electrons. The number of methoxy groups -OCH3 is 2. The standard InChI is InChI=1S/C24H27N3O7S2/c1-33-22-13-12-20(15-23(22)34-2)36(31,32)27-21(14-17-6-4-3-5-7-17)24(28)26-16-18-8-10-19(11-9-18)35(25,29)30/h3-13,15,21,27H,14,16H2,1-2H3,(H,26,28)(H2,25,29,30). The Balaban J connectivity index is 1.81. The minimum atomic E-state index is -4.11. The number of nitrogens with one attached hydrogen (secondary N) is 2. The molecule has 4 N–H and O–H groups in total. The number of carbonyl (C=O) groups is 1. The smallest absolute Gasteiger partial charge is 0.241 e. The summed E-state index contributed by atoms with van der Waals surface area (Å²) in [6.07, 6.45) is 0.101. The van der Waals surface area contributed by atoms with Crippen LogP contribution in [0.15, 0.2) is 82.6 Å². The summed E-state index contributed by atoms with van der Waals surface area (Å²) in [6, 6.07) is 17.7. The second-order valence-electron chi connectivity index (χ2n) is 7.79. The zero-order valence-electron chi connectivity index (χ0n) is 19.7. The monoisotopic (exact) mass is 533 g/mol. The van der Waals surface area contributed by atoms with E-state index in [4.69, 9.17) is 14.6 Å². The second kappa shape index (κ2) is 11.5.